The SMILES string of the molecule is CCC(C)(C)CNC(=O)c1ccc(NC)c([N+](=O)[O-])c1. The van der Waals surface area contributed by atoms with Crippen molar-refractivity contribution in [2.24, 2.45) is 5.41 Å². The molecule has 6 heteroatoms. The summed E-state index contributed by atoms with van der Waals surface area (Å²) in [5, 5.41) is 16.5. The smallest absolute Gasteiger partial charge is 0.293 e. The van der Waals surface area contributed by atoms with Gasteiger partial charge >= 0.3 is 0 Å². The van der Waals surface area contributed by atoms with Gasteiger partial charge in [-0.25, -0.2) is 0 Å². The van der Waals surface area contributed by atoms with Crippen molar-refractivity contribution in [3.8, 4) is 0 Å². The summed E-state index contributed by atoms with van der Waals surface area (Å²) in [4.78, 5) is 22.5. The monoisotopic (exact) mass is 279 g/mol. The maximum atomic E-state index is 12.0. The quantitative estimate of drug-likeness (QED) is 0.619. The Hall–Kier alpha value is -2.11. The summed E-state index contributed by atoms with van der Waals surface area (Å²) >= 11 is 0. The van der Waals surface area contributed by atoms with E-state index >= 15 is 0 Å². The summed E-state index contributed by atoms with van der Waals surface area (Å²) in [7, 11) is 1.60. The highest BCUT2D eigenvalue weighted by Crippen LogP contribution is 2.25. The molecule has 0 unspecified atom stereocenters. The molecular weight excluding hydrogens is 258 g/mol. The number of nitro groups is 1. The second-order valence-electron chi connectivity index (χ2n) is 5.44. The number of nitro benzene ring substituents is 1. The Bertz CT molecular complexity index is 512. The molecule has 0 aliphatic heterocycles. The van der Waals surface area contributed by atoms with E-state index in [0.29, 0.717) is 17.8 Å². The summed E-state index contributed by atoms with van der Waals surface area (Å²) in [6.45, 7) is 6.70. The highest BCUT2D eigenvalue weighted by molar-refractivity contribution is 5.95. The van der Waals surface area contributed by atoms with Gasteiger partial charge in [-0.2, -0.15) is 0 Å². The number of amides is 1. The molecule has 0 spiro atoms. The largest absolute Gasteiger partial charge is 0.383 e. The van der Waals surface area contributed by atoms with Gasteiger partial charge in [0.25, 0.3) is 11.6 Å². The molecule has 0 atom stereocenters. The number of anilines is 1. The van der Waals surface area contributed by atoms with Crippen LogP contribution in [0.25, 0.3) is 0 Å². The van der Waals surface area contributed by atoms with Gasteiger partial charge in [0.1, 0.15) is 5.69 Å². The van der Waals surface area contributed by atoms with Crippen LogP contribution in [0.2, 0.25) is 0 Å². The lowest BCUT2D eigenvalue weighted by atomic mass is 9.90. The topological polar surface area (TPSA) is 84.3 Å². The van der Waals surface area contributed by atoms with E-state index in [4.69, 9.17) is 0 Å². The highest BCUT2D eigenvalue weighted by Gasteiger charge is 2.19. The fraction of sp³-hybridized carbons (Fsp3) is 0.500. The summed E-state index contributed by atoms with van der Waals surface area (Å²) < 4.78 is 0. The lowest BCUT2D eigenvalue weighted by Crippen LogP contribution is -2.33. The molecule has 0 aliphatic carbocycles. The fourth-order valence-corrected chi connectivity index (χ4v) is 1.58. The molecule has 0 radical (unpaired) electrons. The molecule has 1 amide bonds. The number of nitrogens with zero attached hydrogens (tertiary/aromatic N) is 1. The van der Waals surface area contributed by atoms with Crippen molar-refractivity contribution in [3.63, 3.8) is 0 Å². The zero-order chi connectivity index (χ0) is 15.3. The van der Waals surface area contributed by atoms with Gasteiger partial charge in [0.05, 0.1) is 4.92 Å². The average Bonchev–Trinajstić information content (AvgIpc) is 2.44. The van der Waals surface area contributed by atoms with Gasteiger partial charge in [-0.3, -0.25) is 14.9 Å². The first-order chi connectivity index (χ1) is 9.30. The van der Waals surface area contributed by atoms with Gasteiger partial charge < -0.3 is 10.6 Å². The predicted molar refractivity (Wildman–Crippen MR) is 79.0 cm³/mol. The molecule has 110 valence electrons. The Morgan fingerprint density at radius 3 is 2.55 bits per heavy atom. The standard InChI is InChI=1S/C14H21N3O3/c1-5-14(2,3)9-16-13(18)10-6-7-11(15-4)12(8-10)17(19)20/h6-8,15H,5,9H2,1-4H3,(H,16,18). The second kappa shape index (κ2) is 6.36. The fourth-order valence-electron chi connectivity index (χ4n) is 1.58. The van der Waals surface area contributed by atoms with Crippen molar-refractivity contribution in [1.29, 1.82) is 0 Å². The predicted octanol–water partition coefficient (Wildman–Crippen LogP) is 2.80. The lowest BCUT2D eigenvalue weighted by molar-refractivity contribution is -0.384. The van der Waals surface area contributed by atoms with Crippen molar-refractivity contribution >= 4 is 17.3 Å². The Morgan fingerprint density at radius 2 is 2.05 bits per heavy atom. The minimum atomic E-state index is -0.501. The van der Waals surface area contributed by atoms with Crippen molar-refractivity contribution in [2.75, 3.05) is 18.9 Å². The van der Waals surface area contributed by atoms with Crippen LogP contribution in [0.5, 0.6) is 0 Å². The van der Waals surface area contributed by atoms with Crippen molar-refractivity contribution in [3.05, 3.63) is 33.9 Å². The van der Waals surface area contributed by atoms with Gasteiger partial charge in [0.15, 0.2) is 0 Å². The summed E-state index contributed by atoms with van der Waals surface area (Å²) in [5.41, 5.74) is 0.588. The Morgan fingerprint density at radius 1 is 1.40 bits per heavy atom. The number of hydrogen-bond acceptors (Lipinski definition) is 4. The van der Waals surface area contributed by atoms with Crippen molar-refractivity contribution in [2.45, 2.75) is 27.2 Å². The Kier molecular flexibility index (Phi) is 5.07. The molecule has 20 heavy (non-hydrogen) atoms. The van der Waals surface area contributed by atoms with Crippen LogP contribution in [0.4, 0.5) is 11.4 Å². The van der Waals surface area contributed by atoms with Gasteiger partial charge in [0.2, 0.25) is 0 Å². The van der Waals surface area contributed by atoms with E-state index in [2.05, 4.69) is 31.4 Å². The van der Waals surface area contributed by atoms with E-state index in [1.807, 2.05) is 0 Å². The highest BCUT2D eigenvalue weighted by atomic mass is 16.6. The normalized spacial score (nSPS) is 11.0. The summed E-state index contributed by atoms with van der Waals surface area (Å²) in [6, 6.07) is 4.41. The van der Waals surface area contributed by atoms with Crippen LogP contribution in [0.3, 0.4) is 0 Å². The number of nitrogens with one attached hydrogen (secondary N) is 2. The van der Waals surface area contributed by atoms with Crippen LogP contribution in [0.15, 0.2) is 18.2 Å². The maximum Gasteiger partial charge on any atom is 0.293 e. The molecule has 6 nitrogen and oxygen atoms in total. The molecule has 1 aromatic carbocycles. The minimum Gasteiger partial charge on any atom is -0.383 e. The number of rotatable bonds is 6. The summed E-state index contributed by atoms with van der Waals surface area (Å²) in [5.74, 6) is -0.294. The zero-order valence-electron chi connectivity index (χ0n) is 12.3. The third-order valence-electron chi connectivity index (χ3n) is 3.41. The molecule has 0 fully saturated rings. The van der Waals surface area contributed by atoms with Gasteiger partial charge in [-0.15, -0.1) is 0 Å². The second-order valence-corrected chi connectivity index (χ2v) is 5.44. The minimum absolute atomic E-state index is 0.00646. The van der Waals surface area contributed by atoms with Crippen LogP contribution in [-0.4, -0.2) is 24.4 Å². The maximum absolute atomic E-state index is 12.0. The Labute approximate surface area is 118 Å². The molecular formula is C14H21N3O3. The molecule has 0 aromatic heterocycles. The van der Waals surface area contributed by atoms with Gasteiger partial charge in [-0.05, 0) is 24.0 Å². The van der Waals surface area contributed by atoms with Gasteiger partial charge in [0, 0.05) is 25.2 Å². The van der Waals surface area contributed by atoms with E-state index in [9.17, 15) is 14.9 Å². The summed E-state index contributed by atoms with van der Waals surface area (Å²) in [6.07, 6.45) is 0.937. The number of hydrogen-bond donors (Lipinski definition) is 2. The number of carbonyl (C=O) groups is 1. The molecule has 1 rings (SSSR count). The third kappa shape index (κ3) is 3.94. The van der Waals surface area contributed by atoms with Crippen molar-refractivity contribution in [1.82, 2.24) is 5.32 Å². The Balaban J connectivity index is 2.89. The molecule has 2 N–H and O–H groups in total. The molecule has 0 aliphatic rings. The first kappa shape index (κ1) is 15.9. The van der Waals surface area contributed by atoms with E-state index < -0.39 is 4.92 Å². The van der Waals surface area contributed by atoms with Crippen LogP contribution >= 0.6 is 0 Å². The molecule has 0 heterocycles. The first-order valence-electron chi connectivity index (χ1n) is 6.55. The van der Waals surface area contributed by atoms with Crippen LogP contribution in [-0.2, 0) is 0 Å². The van der Waals surface area contributed by atoms with E-state index in [1.165, 1.54) is 12.1 Å². The molecule has 1 aromatic rings. The third-order valence-corrected chi connectivity index (χ3v) is 3.41. The van der Waals surface area contributed by atoms with Crippen molar-refractivity contribution < 1.29 is 9.72 Å². The van der Waals surface area contributed by atoms with Gasteiger partial charge in [-0.1, -0.05) is 20.8 Å². The number of benzene rings is 1. The molecule has 0 saturated carbocycles. The molecule has 0 saturated heterocycles. The van der Waals surface area contributed by atoms with E-state index in [-0.39, 0.29) is 17.0 Å². The molecule has 0 bridgehead atoms. The first-order valence-corrected chi connectivity index (χ1v) is 6.55. The average molecular weight is 279 g/mol. The van der Waals surface area contributed by atoms with E-state index in [0.717, 1.165) is 6.42 Å². The van der Waals surface area contributed by atoms with Crippen LogP contribution in [0.1, 0.15) is 37.6 Å². The van der Waals surface area contributed by atoms with Crippen LogP contribution < -0.4 is 10.6 Å². The van der Waals surface area contributed by atoms with E-state index in [1.54, 1.807) is 13.1 Å². The van der Waals surface area contributed by atoms with Crippen LogP contribution in [0, 0.1) is 15.5 Å². The zero-order valence-corrected chi connectivity index (χ0v) is 12.3. The lowest BCUT2D eigenvalue weighted by Gasteiger charge is -2.22. The number of carbonyl (C=O) groups excluding carboxylic acids is 1.